The number of methoxy groups -OCH3 is 1. The molecule has 1 heterocycles. The molecule has 1 N–H and O–H groups in total. The first kappa shape index (κ1) is 14.9. The Hall–Kier alpha value is -1.07. The molecule has 1 aromatic rings. The molecule has 0 saturated heterocycles. The van der Waals surface area contributed by atoms with Crippen molar-refractivity contribution in [3.63, 3.8) is 0 Å². The van der Waals surface area contributed by atoms with Gasteiger partial charge in [0.05, 0.1) is 25.0 Å². The maximum Gasteiger partial charge on any atom is 0.287 e. The summed E-state index contributed by atoms with van der Waals surface area (Å²) in [6.45, 7) is 1.76. The fourth-order valence-electron chi connectivity index (χ4n) is 3.79. The van der Waals surface area contributed by atoms with Crippen LogP contribution in [0, 0.1) is 17.8 Å². The molecule has 0 amide bonds. The molecular formula is C15H22ClN3O2. The maximum atomic E-state index is 12.1. The highest BCUT2D eigenvalue weighted by Gasteiger charge is 2.39. The molecule has 2 aliphatic rings. The fourth-order valence-corrected chi connectivity index (χ4v) is 4.01. The first-order chi connectivity index (χ1) is 10.2. The predicted octanol–water partition coefficient (Wildman–Crippen LogP) is 2.39. The summed E-state index contributed by atoms with van der Waals surface area (Å²) in [5.41, 5.74) is 0.393. The van der Waals surface area contributed by atoms with Gasteiger partial charge >= 0.3 is 0 Å². The number of nitrogens with zero attached hydrogens (tertiary/aromatic N) is 2. The van der Waals surface area contributed by atoms with Crippen LogP contribution in [0.1, 0.15) is 25.7 Å². The summed E-state index contributed by atoms with van der Waals surface area (Å²) in [6, 6.07) is 0. The van der Waals surface area contributed by atoms with E-state index in [1.165, 1.54) is 30.4 Å². The van der Waals surface area contributed by atoms with Crippen LogP contribution in [0.2, 0.25) is 5.02 Å². The van der Waals surface area contributed by atoms with E-state index in [1.807, 2.05) is 0 Å². The van der Waals surface area contributed by atoms with Gasteiger partial charge in [0.15, 0.2) is 0 Å². The first-order valence-electron chi connectivity index (χ1n) is 7.67. The number of halogens is 1. The predicted molar refractivity (Wildman–Crippen MR) is 82.8 cm³/mol. The molecule has 2 bridgehead atoms. The van der Waals surface area contributed by atoms with E-state index < -0.39 is 0 Å². The van der Waals surface area contributed by atoms with E-state index in [2.05, 4.69) is 10.4 Å². The first-order valence-corrected chi connectivity index (χ1v) is 8.05. The fraction of sp³-hybridized carbons (Fsp3) is 0.733. The number of nitrogens with one attached hydrogen (secondary N) is 1. The van der Waals surface area contributed by atoms with E-state index >= 15 is 0 Å². The van der Waals surface area contributed by atoms with E-state index in [-0.39, 0.29) is 10.6 Å². The maximum absolute atomic E-state index is 12.1. The van der Waals surface area contributed by atoms with Gasteiger partial charge in [0, 0.05) is 13.7 Å². The summed E-state index contributed by atoms with van der Waals surface area (Å²) in [7, 11) is 1.60. The lowest BCUT2D eigenvalue weighted by Gasteiger charge is -2.22. The van der Waals surface area contributed by atoms with Crippen molar-refractivity contribution in [2.75, 3.05) is 25.6 Å². The second kappa shape index (κ2) is 6.36. The quantitative estimate of drug-likeness (QED) is 0.876. The standard InChI is InChI=1S/C15H22ClN3O2/c1-21-5-4-19-15(20)14(16)13(9-18-19)17-8-12-7-10-2-3-11(12)6-10/h9-12,17H,2-8H2,1H3. The molecule has 21 heavy (non-hydrogen) atoms. The number of fused-ring (bicyclic) bond motifs is 2. The summed E-state index contributed by atoms with van der Waals surface area (Å²) in [5.74, 6) is 2.50. The van der Waals surface area contributed by atoms with E-state index in [0.717, 1.165) is 24.3 Å². The van der Waals surface area contributed by atoms with Crippen LogP contribution < -0.4 is 10.9 Å². The van der Waals surface area contributed by atoms with Crippen LogP contribution in [-0.2, 0) is 11.3 Å². The second-order valence-corrected chi connectivity index (χ2v) is 6.59. The lowest BCUT2D eigenvalue weighted by Crippen LogP contribution is -2.27. The van der Waals surface area contributed by atoms with Gasteiger partial charge in [-0.1, -0.05) is 18.0 Å². The van der Waals surface area contributed by atoms with Crippen molar-refractivity contribution in [2.24, 2.45) is 17.8 Å². The topological polar surface area (TPSA) is 56.1 Å². The molecule has 1 aromatic heterocycles. The van der Waals surface area contributed by atoms with Gasteiger partial charge in [-0.3, -0.25) is 4.79 Å². The van der Waals surface area contributed by atoms with Crippen molar-refractivity contribution in [1.29, 1.82) is 0 Å². The van der Waals surface area contributed by atoms with Crippen molar-refractivity contribution >= 4 is 17.3 Å². The lowest BCUT2D eigenvalue weighted by atomic mass is 9.89. The van der Waals surface area contributed by atoms with E-state index in [9.17, 15) is 4.79 Å². The van der Waals surface area contributed by atoms with Gasteiger partial charge in [-0.15, -0.1) is 0 Å². The third-order valence-electron chi connectivity index (χ3n) is 4.93. The van der Waals surface area contributed by atoms with Crippen LogP contribution in [0.25, 0.3) is 0 Å². The van der Waals surface area contributed by atoms with E-state index in [4.69, 9.17) is 16.3 Å². The van der Waals surface area contributed by atoms with Gasteiger partial charge in [0.2, 0.25) is 0 Å². The van der Waals surface area contributed by atoms with Crippen LogP contribution >= 0.6 is 11.6 Å². The molecule has 0 radical (unpaired) electrons. The van der Waals surface area contributed by atoms with Crippen molar-refractivity contribution in [2.45, 2.75) is 32.2 Å². The number of hydrogen-bond acceptors (Lipinski definition) is 4. The van der Waals surface area contributed by atoms with Gasteiger partial charge < -0.3 is 10.1 Å². The van der Waals surface area contributed by atoms with Gasteiger partial charge in [0.1, 0.15) is 5.02 Å². The van der Waals surface area contributed by atoms with Gasteiger partial charge in [0.25, 0.3) is 5.56 Å². The smallest absolute Gasteiger partial charge is 0.287 e. The van der Waals surface area contributed by atoms with Crippen LogP contribution in [0.3, 0.4) is 0 Å². The Balaban J connectivity index is 1.63. The molecule has 116 valence electrons. The number of aromatic nitrogens is 2. The van der Waals surface area contributed by atoms with Gasteiger partial charge in [-0.05, 0) is 37.0 Å². The Morgan fingerprint density at radius 3 is 3.00 bits per heavy atom. The minimum atomic E-state index is -0.258. The SMILES string of the molecule is COCCn1ncc(NCC2CC3CCC2C3)c(Cl)c1=O. The summed E-state index contributed by atoms with van der Waals surface area (Å²) in [6.07, 6.45) is 7.11. The highest BCUT2D eigenvalue weighted by atomic mass is 35.5. The molecular weight excluding hydrogens is 290 g/mol. The molecule has 3 rings (SSSR count). The molecule has 3 atom stereocenters. The Bertz CT molecular complexity index is 560. The number of rotatable bonds is 6. The Kier molecular flexibility index (Phi) is 4.50. The normalized spacial score (nSPS) is 27.2. The van der Waals surface area contributed by atoms with Crippen LogP contribution in [0.4, 0.5) is 5.69 Å². The van der Waals surface area contributed by atoms with Gasteiger partial charge in [-0.2, -0.15) is 5.10 Å². The minimum absolute atomic E-state index is 0.226. The van der Waals surface area contributed by atoms with Crippen molar-refractivity contribution in [1.82, 2.24) is 9.78 Å². The molecule has 2 fully saturated rings. The van der Waals surface area contributed by atoms with Crippen LogP contribution in [0.5, 0.6) is 0 Å². The monoisotopic (exact) mass is 311 g/mol. The second-order valence-electron chi connectivity index (χ2n) is 6.21. The lowest BCUT2D eigenvalue weighted by molar-refractivity contribution is 0.182. The zero-order chi connectivity index (χ0) is 14.8. The molecule has 0 spiro atoms. The molecule has 0 aliphatic heterocycles. The average Bonchev–Trinajstić information content (AvgIpc) is 3.10. The number of anilines is 1. The van der Waals surface area contributed by atoms with Crippen molar-refractivity contribution < 1.29 is 4.74 Å². The third-order valence-corrected chi connectivity index (χ3v) is 5.30. The number of ether oxygens (including phenoxy) is 1. The van der Waals surface area contributed by atoms with Crippen LogP contribution in [0.15, 0.2) is 11.0 Å². The van der Waals surface area contributed by atoms with Gasteiger partial charge in [-0.25, -0.2) is 4.68 Å². The highest BCUT2D eigenvalue weighted by Crippen LogP contribution is 2.48. The zero-order valence-corrected chi connectivity index (χ0v) is 13.1. The van der Waals surface area contributed by atoms with E-state index in [0.29, 0.717) is 18.8 Å². The zero-order valence-electron chi connectivity index (χ0n) is 12.3. The Labute approximate surface area is 129 Å². The molecule has 6 heteroatoms. The Morgan fingerprint density at radius 2 is 2.33 bits per heavy atom. The summed E-state index contributed by atoms with van der Waals surface area (Å²) in [4.78, 5) is 12.1. The molecule has 0 aromatic carbocycles. The summed E-state index contributed by atoms with van der Waals surface area (Å²) >= 11 is 6.17. The third kappa shape index (κ3) is 3.09. The minimum Gasteiger partial charge on any atom is -0.383 e. The Morgan fingerprint density at radius 1 is 1.48 bits per heavy atom. The summed E-state index contributed by atoms with van der Waals surface area (Å²) < 4.78 is 6.30. The van der Waals surface area contributed by atoms with Crippen molar-refractivity contribution in [3.8, 4) is 0 Å². The van der Waals surface area contributed by atoms with E-state index in [1.54, 1.807) is 13.3 Å². The number of hydrogen-bond donors (Lipinski definition) is 1. The average molecular weight is 312 g/mol. The molecule has 5 nitrogen and oxygen atoms in total. The summed E-state index contributed by atoms with van der Waals surface area (Å²) in [5, 5.41) is 7.70. The molecule has 2 aliphatic carbocycles. The molecule has 3 unspecified atom stereocenters. The molecule has 2 saturated carbocycles. The van der Waals surface area contributed by atoms with Crippen LogP contribution in [-0.4, -0.2) is 30.0 Å². The largest absolute Gasteiger partial charge is 0.383 e. The van der Waals surface area contributed by atoms with Crippen molar-refractivity contribution in [3.05, 3.63) is 21.6 Å². The highest BCUT2D eigenvalue weighted by molar-refractivity contribution is 6.32.